The van der Waals surface area contributed by atoms with Crippen molar-refractivity contribution in [2.45, 2.75) is 38.6 Å². The lowest BCUT2D eigenvalue weighted by Gasteiger charge is -2.35. The van der Waals surface area contributed by atoms with Gasteiger partial charge in [-0.15, -0.1) is 0 Å². The second-order valence-electron chi connectivity index (χ2n) is 6.38. The number of hydrogen-bond acceptors (Lipinski definition) is 3. The molecular formula is C18H27N3O. The fraction of sp³-hybridized carbons (Fsp3) is 0.611. The third-order valence-electron chi connectivity index (χ3n) is 4.86. The van der Waals surface area contributed by atoms with Gasteiger partial charge >= 0.3 is 0 Å². The molecule has 2 aliphatic rings. The summed E-state index contributed by atoms with van der Waals surface area (Å²) in [6.45, 7) is 6.77. The Balaban J connectivity index is 1.66. The molecule has 0 aromatic heterocycles. The van der Waals surface area contributed by atoms with Gasteiger partial charge in [-0.25, -0.2) is 0 Å². The van der Waals surface area contributed by atoms with Gasteiger partial charge in [0.25, 0.3) is 0 Å². The first kappa shape index (κ1) is 15.5. The van der Waals surface area contributed by atoms with Crippen molar-refractivity contribution in [3.8, 4) is 0 Å². The molecule has 0 radical (unpaired) electrons. The highest BCUT2D eigenvalue weighted by Gasteiger charge is 2.28. The molecule has 3 rings (SSSR count). The lowest BCUT2D eigenvalue weighted by atomic mass is 10.0. The minimum absolute atomic E-state index is 0.261. The van der Waals surface area contributed by atoms with Gasteiger partial charge in [0.15, 0.2) is 0 Å². The molecule has 0 saturated carbocycles. The van der Waals surface area contributed by atoms with E-state index in [-0.39, 0.29) is 5.91 Å². The third kappa shape index (κ3) is 3.33. The zero-order valence-electron chi connectivity index (χ0n) is 13.6. The molecule has 1 aromatic rings. The largest absolute Gasteiger partial charge is 0.317 e. The number of rotatable bonds is 5. The molecule has 0 unspecified atom stereocenters. The Labute approximate surface area is 133 Å². The van der Waals surface area contributed by atoms with E-state index in [0.717, 1.165) is 57.5 Å². The third-order valence-corrected chi connectivity index (χ3v) is 4.86. The molecule has 0 aliphatic carbocycles. The quantitative estimate of drug-likeness (QED) is 0.904. The van der Waals surface area contributed by atoms with Crippen LogP contribution in [0.15, 0.2) is 24.3 Å². The topological polar surface area (TPSA) is 35.6 Å². The molecule has 0 bridgehead atoms. The fourth-order valence-electron chi connectivity index (χ4n) is 3.71. The minimum Gasteiger partial charge on any atom is -0.317 e. The van der Waals surface area contributed by atoms with Gasteiger partial charge in [0.05, 0.1) is 6.54 Å². The summed E-state index contributed by atoms with van der Waals surface area (Å²) < 4.78 is 0. The number of benzene rings is 1. The van der Waals surface area contributed by atoms with Crippen molar-refractivity contribution in [1.82, 2.24) is 10.2 Å². The molecule has 2 aliphatic heterocycles. The Kier molecular flexibility index (Phi) is 5.11. The maximum atomic E-state index is 12.8. The van der Waals surface area contributed by atoms with Crippen molar-refractivity contribution in [3.05, 3.63) is 29.8 Å². The number of carbonyl (C=O) groups is 1. The minimum atomic E-state index is 0.261. The van der Waals surface area contributed by atoms with Gasteiger partial charge in [0, 0.05) is 18.3 Å². The number of para-hydroxylation sites is 1. The van der Waals surface area contributed by atoms with E-state index in [2.05, 4.69) is 35.3 Å². The number of anilines is 1. The monoisotopic (exact) mass is 301 g/mol. The first-order valence-electron chi connectivity index (χ1n) is 8.62. The van der Waals surface area contributed by atoms with Crippen molar-refractivity contribution in [2.24, 2.45) is 0 Å². The lowest BCUT2D eigenvalue weighted by Crippen LogP contribution is -2.48. The molecule has 1 aromatic carbocycles. The standard InChI is InChI=1S/C18H27N3O/c1-2-12-20(16-7-10-19-11-8-16)14-18(22)21-13-9-15-5-3-4-6-17(15)21/h3-6,16,19H,2,7-14H2,1H3. The van der Waals surface area contributed by atoms with Crippen LogP contribution in [-0.4, -0.2) is 49.6 Å². The van der Waals surface area contributed by atoms with Gasteiger partial charge in [-0.1, -0.05) is 25.1 Å². The molecule has 1 fully saturated rings. The zero-order valence-corrected chi connectivity index (χ0v) is 13.6. The van der Waals surface area contributed by atoms with E-state index in [1.54, 1.807) is 0 Å². The van der Waals surface area contributed by atoms with Crippen LogP contribution in [0.5, 0.6) is 0 Å². The predicted molar refractivity (Wildman–Crippen MR) is 90.3 cm³/mol. The van der Waals surface area contributed by atoms with E-state index in [9.17, 15) is 4.79 Å². The average Bonchev–Trinajstić information content (AvgIpc) is 2.99. The Morgan fingerprint density at radius 1 is 1.32 bits per heavy atom. The van der Waals surface area contributed by atoms with E-state index in [1.807, 2.05) is 11.0 Å². The summed E-state index contributed by atoms with van der Waals surface area (Å²) in [5, 5.41) is 3.41. The number of nitrogens with one attached hydrogen (secondary N) is 1. The number of amides is 1. The van der Waals surface area contributed by atoms with Crippen LogP contribution in [0.3, 0.4) is 0 Å². The average molecular weight is 301 g/mol. The molecule has 1 saturated heterocycles. The Hall–Kier alpha value is -1.39. The molecule has 1 N–H and O–H groups in total. The second kappa shape index (κ2) is 7.25. The van der Waals surface area contributed by atoms with Crippen LogP contribution in [0.1, 0.15) is 31.7 Å². The number of hydrogen-bond donors (Lipinski definition) is 1. The van der Waals surface area contributed by atoms with Gasteiger partial charge in [-0.2, -0.15) is 0 Å². The van der Waals surface area contributed by atoms with E-state index in [0.29, 0.717) is 12.6 Å². The smallest absolute Gasteiger partial charge is 0.241 e. The van der Waals surface area contributed by atoms with Gasteiger partial charge in [0.2, 0.25) is 5.91 Å². The lowest BCUT2D eigenvalue weighted by molar-refractivity contribution is -0.120. The Bertz CT molecular complexity index is 511. The van der Waals surface area contributed by atoms with Crippen molar-refractivity contribution < 1.29 is 4.79 Å². The van der Waals surface area contributed by atoms with Crippen LogP contribution >= 0.6 is 0 Å². The molecular weight excluding hydrogens is 274 g/mol. The molecule has 1 amide bonds. The van der Waals surface area contributed by atoms with Crippen molar-refractivity contribution in [2.75, 3.05) is 37.6 Å². The zero-order chi connectivity index (χ0) is 15.4. The van der Waals surface area contributed by atoms with Crippen molar-refractivity contribution >= 4 is 11.6 Å². The van der Waals surface area contributed by atoms with Gasteiger partial charge < -0.3 is 10.2 Å². The molecule has 120 valence electrons. The number of piperidine rings is 1. The maximum Gasteiger partial charge on any atom is 0.241 e. The Morgan fingerprint density at radius 3 is 2.86 bits per heavy atom. The normalized spacial score (nSPS) is 18.7. The molecule has 4 nitrogen and oxygen atoms in total. The molecule has 0 spiro atoms. The SMILES string of the molecule is CCCN(CC(=O)N1CCc2ccccc21)C1CCNCC1. The van der Waals surface area contributed by atoms with Crippen LogP contribution in [0.2, 0.25) is 0 Å². The van der Waals surface area contributed by atoms with Crippen LogP contribution in [0.25, 0.3) is 0 Å². The van der Waals surface area contributed by atoms with Gasteiger partial charge in [-0.3, -0.25) is 9.69 Å². The summed E-state index contributed by atoms with van der Waals surface area (Å²) in [4.78, 5) is 17.2. The highest BCUT2D eigenvalue weighted by Crippen LogP contribution is 2.27. The van der Waals surface area contributed by atoms with Crippen LogP contribution in [0, 0.1) is 0 Å². The first-order valence-corrected chi connectivity index (χ1v) is 8.62. The molecule has 22 heavy (non-hydrogen) atoms. The highest BCUT2D eigenvalue weighted by atomic mass is 16.2. The molecule has 2 heterocycles. The summed E-state index contributed by atoms with van der Waals surface area (Å²) in [5.74, 6) is 0.261. The summed E-state index contributed by atoms with van der Waals surface area (Å²) in [5.41, 5.74) is 2.43. The van der Waals surface area contributed by atoms with Gasteiger partial charge in [-0.05, 0) is 56.9 Å². The van der Waals surface area contributed by atoms with Gasteiger partial charge in [0.1, 0.15) is 0 Å². The first-order chi connectivity index (χ1) is 10.8. The fourth-order valence-corrected chi connectivity index (χ4v) is 3.71. The number of carbonyl (C=O) groups excluding carboxylic acids is 1. The summed E-state index contributed by atoms with van der Waals surface area (Å²) in [6.07, 6.45) is 4.41. The van der Waals surface area contributed by atoms with Crippen LogP contribution < -0.4 is 10.2 Å². The number of nitrogens with zero attached hydrogens (tertiary/aromatic N) is 2. The summed E-state index contributed by atoms with van der Waals surface area (Å²) in [7, 11) is 0. The Morgan fingerprint density at radius 2 is 2.09 bits per heavy atom. The molecule has 4 heteroatoms. The predicted octanol–water partition coefficient (Wildman–Crippen LogP) is 2.04. The van der Waals surface area contributed by atoms with Crippen LogP contribution in [-0.2, 0) is 11.2 Å². The number of fused-ring (bicyclic) bond motifs is 1. The van der Waals surface area contributed by atoms with Crippen molar-refractivity contribution in [3.63, 3.8) is 0 Å². The van der Waals surface area contributed by atoms with Crippen molar-refractivity contribution in [1.29, 1.82) is 0 Å². The van der Waals surface area contributed by atoms with E-state index in [1.165, 1.54) is 5.56 Å². The van der Waals surface area contributed by atoms with E-state index < -0.39 is 0 Å². The van der Waals surface area contributed by atoms with E-state index in [4.69, 9.17) is 0 Å². The molecule has 0 atom stereocenters. The summed E-state index contributed by atoms with van der Waals surface area (Å²) >= 11 is 0. The van der Waals surface area contributed by atoms with E-state index >= 15 is 0 Å². The summed E-state index contributed by atoms with van der Waals surface area (Å²) in [6, 6.07) is 8.86. The second-order valence-corrected chi connectivity index (χ2v) is 6.38. The highest BCUT2D eigenvalue weighted by molar-refractivity contribution is 5.96. The van der Waals surface area contributed by atoms with Crippen LogP contribution in [0.4, 0.5) is 5.69 Å². The maximum absolute atomic E-state index is 12.8.